The fraction of sp³-hybridized carbons (Fsp3) is 0.600. The molecule has 0 amide bonds. The molecule has 3 rings (SSSR count). The van der Waals surface area contributed by atoms with Crippen LogP contribution in [0.15, 0.2) is 18.2 Å². The van der Waals surface area contributed by atoms with E-state index in [1.165, 1.54) is 43.6 Å². The first kappa shape index (κ1) is 11.8. The van der Waals surface area contributed by atoms with Crippen LogP contribution in [0.5, 0.6) is 5.75 Å². The average molecular weight is 246 g/mol. The molecule has 1 N–H and O–H groups in total. The van der Waals surface area contributed by atoms with Crippen molar-refractivity contribution < 1.29 is 4.74 Å². The third-order valence-electron chi connectivity index (χ3n) is 4.10. The molecule has 0 saturated carbocycles. The molecule has 2 aliphatic heterocycles. The number of ether oxygens (including phenoxy) is 1. The molecule has 0 aromatic heterocycles. The van der Waals surface area contributed by atoms with Crippen LogP contribution < -0.4 is 15.0 Å². The van der Waals surface area contributed by atoms with Crippen molar-refractivity contribution in [1.82, 2.24) is 5.32 Å². The third-order valence-corrected chi connectivity index (χ3v) is 4.10. The van der Waals surface area contributed by atoms with Gasteiger partial charge in [-0.05, 0) is 56.0 Å². The Hall–Kier alpha value is -1.22. The minimum Gasteiger partial charge on any atom is -0.490 e. The van der Waals surface area contributed by atoms with Crippen LogP contribution in [0.1, 0.15) is 18.4 Å². The molecule has 2 heterocycles. The molecule has 0 spiro atoms. The molecule has 18 heavy (non-hydrogen) atoms. The second-order valence-corrected chi connectivity index (χ2v) is 5.47. The van der Waals surface area contributed by atoms with E-state index in [4.69, 9.17) is 4.74 Å². The minimum atomic E-state index is 0.803. The normalized spacial score (nSPS) is 20.4. The summed E-state index contributed by atoms with van der Waals surface area (Å²) in [5.41, 5.74) is 2.71. The predicted molar refractivity (Wildman–Crippen MR) is 74.5 cm³/mol. The summed E-state index contributed by atoms with van der Waals surface area (Å²) in [6, 6.07) is 6.69. The predicted octanol–water partition coefficient (Wildman–Crippen LogP) is 2.06. The van der Waals surface area contributed by atoms with Crippen LogP contribution >= 0.6 is 0 Å². The van der Waals surface area contributed by atoms with E-state index in [-0.39, 0.29) is 0 Å². The van der Waals surface area contributed by atoms with Gasteiger partial charge in [0.15, 0.2) is 0 Å². The largest absolute Gasteiger partial charge is 0.490 e. The summed E-state index contributed by atoms with van der Waals surface area (Å²) in [5, 5.41) is 3.43. The lowest BCUT2D eigenvalue weighted by Crippen LogP contribution is -2.29. The monoisotopic (exact) mass is 246 g/mol. The fourth-order valence-corrected chi connectivity index (χ4v) is 2.94. The van der Waals surface area contributed by atoms with E-state index < -0.39 is 0 Å². The number of nitrogens with one attached hydrogen (secondary N) is 1. The van der Waals surface area contributed by atoms with Gasteiger partial charge < -0.3 is 15.0 Å². The van der Waals surface area contributed by atoms with E-state index in [1.54, 1.807) is 0 Å². The standard InChI is InChI=1S/C15H22N2O/c1-17-8-9-18-15-3-2-13(11-14(15)17)10-12-4-6-16-7-5-12/h2-3,11-12,16H,4-10H2,1H3. The van der Waals surface area contributed by atoms with Gasteiger partial charge in [-0.3, -0.25) is 0 Å². The Balaban J connectivity index is 1.74. The molecule has 1 fully saturated rings. The van der Waals surface area contributed by atoms with Gasteiger partial charge in [0.1, 0.15) is 12.4 Å². The molecule has 0 atom stereocenters. The van der Waals surface area contributed by atoms with E-state index in [2.05, 4.69) is 35.5 Å². The van der Waals surface area contributed by atoms with E-state index >= 15 is 0 Å². The number of likely N-dealkylation sites (N-methyl/N-ethyl adjacent to an activating group) is 1. The number of nitrogens with zero attached hydrogens (tertiary/aromatic N) is 1. The van der Waals surface area contributed by atoms with Crippen LogP contribution in [0.2, 0.25) is 0 Å². The summed E-state index contributed by atoms with van der Waals surface area (Å²) in [5.74, 6) is 1.89. The molecule has 2 aliphatic rings. The third kappa shape index (κ3) is 2.46. The molecule has 0 unspecified atom stereocenters. The van der Waals surface area contributed by atoms with Crippen LogP contribution in [-0.2, 0) is 6.42 Å². The Labute approximate surface area is 109 Å². The summed E-state index contributed by atoms with van der Waals surface area (Å²) in [7, 11) is 2.15. The van der Waals surface area contributed by atoms with Crippen LogP contribution in [0.25, 0.3) is 0 Å². The highest BCUT2D eigenvalue weighted by atomic mass is 16.5. The molecule has 1 aromatic carbocycles. The van der Waals surface area contributed by atoms with Crippen LogP contribution in [0.4, 0.5) is 5.69 Å². The molecular weight excluding hydrogens is 224 g/mol. The highest BCUT2D eigenvalue weighted by Crippen LogP contribution is 2.32. The van der Waals surface area contributed by atoms with Crippen molar-refractivity contribution in [3.05, 3.63) is 23.8 Å². The topological polar surface area (TPSA) is 24.5 Å². The number of fused-ring (bicyclic) bond motifs is 1. The zero-order chi connectivity index (χ0) is 12.4. The second-order valence-electron chi connectivity index (χ2n) is 5.47. The minimum absolute atomic E-state index is 0.803. The van der Waals surface area contributed by atoms with Crippen LogP contribution in [0, 0.1) is 5.92 Å². The van der Waals surface area contributed by atoms with Crippen molar-refractivity contribution in [2.75, 3.05) is 38.2 Å². The average Bonchev–Trinajstić information content (AvgIpc) is 2.41. The van der Waals surface area contributed by atoms with Gasteiger partial charge in [-0.15, -0.1) is 0 Å². The smallest absolute Gasteiger partial charge is 0.142 e. The molecule has 1 saturated heterocycles. The van der Waals surface area contributed by atoms with E-state index in [0.29, 0.717) is 0 Å². The summed E-state index contributed by atoms with van der Waals surface area (Å²) in [6.45, 7) is 4.15. The van der Waals surface area contributed by atoms with Gasteiger partial charge in [0.05, 0.1) is 12.2 Å². The van der Waals surface area contributed by atoms with E-state index in [0.717, 1.165) is 24.8 Å². The van der Waals surface area contributed by atoms with Crippen molar-refractivity contribution >= 4 is 5.69 Å². The summed E-state index contributed by atoms with van der Waals surface area (Å²) >= 11 is 0. The lowest BCUT2D eigenvalue weighted by molar-refractivity contribution is 0.311. The number of hydrogen-bond donors (Lipinski definition) is 1. The van der Waals surface area contributed by atoms with Crippen molar-refractivity contribution in [1.29, 1.82) is 0 Å². The van der Waals surface area contributed by atoms with Gasteiger partial charge >= 0.3 is 0 Å². The van der Waals surface area contributed by atoms with Crippen molar-refractivity contribution in [2.24, 2.45) is 5.92 Å². The summed E-state index contributed by atoms with van der Waals surface area (Å²) in [6.07, 6.45) is 3.83. The molecule has 1 aromatic rings. The number of anilines is 1. The van der Waals surface area contributed by atoms with Crippen molar-refractivity contribution in [3.8, 4) is 5.75 Å². The van der Waals surface area contributed by atoms with Crippen LogP contribution in [-0.4, -0.2) is 33.3 Å². The van der Waals surface area contributed by atoms with Crippen LogP contribution in [0.3, 0.4) is 0 Å². The zero-order valence-electron chi connectivity index (χ0n) is 11.1. The molecule has 3 nitrogen and oxygen atoms in total. The van der Waals surface area contributed by atoms with Crippen molar-refractivity contribution in [2.45, 2.75) is 19.3 Å². The van der Waals surface area contributed by atoms with Gasteiger partial charge in [-0.1, -0.05) is 6.07 Å². The first-order chi connectivity index (χ1) is 8.83. The Morgan fingerprint density at radius 1 is 1.33 bits per heavy atom. The molecule has 0 bridgehead atoms. The number of benzene rings is 1. The van der Waals surface area contributed by atoms with E-state index in [9.17, 15) is 0 Å². The number of piperidine rings is 1. The molecule has 0 radical (unpaired) electrons. The highest BCUT2D eigenvalue weighted by Gasteiger charge is 2.17. The Kier molecular flexibility index (Phi) is 3.41. The van der Waals surface area contributed by atoms with E-state index in [1.807, 2.05) is 0 Å². The Morgan fingerprint density at radius 2 is 2.17 bits per heavy atom. The Morgan fingerprint density at radius 3 is 3.00 bits per heavy atom. The number of rotatable bonds is 2. The molecule has 3 heteroatoms. The summed E-state index contributed by atoms with van der Waals surface area (Å²) < 4.78 is 5.69. The molecular formula is C15H22N2O. The molecule has 98 valence electrons. The maximum absolute atomic E-state index is 5.69. The van der Waals surface area contributed by atoms with Gasteiger partial charge in [-0.25, -0.2) is 0 Å². The van der Waals surface area contributed by atoms with Crippen molar-refractivity contribution in [3.63, 3.8) is 0 Å². The maximum Gasteiger partial charge on any atom is 0.142 e. The first-order valence-electron chi connectivity index (χ1n) is 7.00. The van der Waals surface area contributed by atoms with Gasteiger partial charge in [0.2, 0.25) is 0 Å². The fourth-order valence-electron chi connectivity index (χ4n) is 2.94. The summed E-state index contributed by atoms with van der Waals surface area (Å²) in [4.78, 5) is 2.30. The SMILES string of the molecule is CN1CCOc2ccc(CC3CCNCC3)cc21. The quantitative estimate of drug-likeness (QED) is 0.864. The second kappa shape index (κ2) is 5.19. The maximum atomic E-state index is 5.69. The molecule has 0 aliphatic carbocycles. The lowest BCUT2D eigenvalue weighted by atomic mass is 9.91. The first-order valence-corrected chi connectivity index (χ1v) is 7.00. The highest BCUT2D eigenvalue weighted by molar-refractivity contribution is 5.60. The number of hydrogen-bond acceptors (Lipinski definition) is 3. The van der Waals surface area contributed by atoms with Gasteiger partial charge in [-0.2, -0.15) is 0 Å². The Bertz CT molecular complexity index is 413. The lowest BCUT2D eigenvalue weighted by Gasteiger charge is -2.29. The van der Waals surface area contributed by atoms with Gasteiger partial charge in [0.25, 0.3) is 0 Å². The van der Waals surface area contributed by atoms with Gasteiger partial charge in [0, 0.05) is 7.05 Å². The zero-order valence-corrected chi connectivity index (χ0v) is 11.1.